The van der Waals surface area contributed by atoms with Crippen LogP contribution >= 0.6 is 0 Å². The van der Waals surface area contributed by atoms with Gasteiger partial charge in [-0.05, 0) is 87.5 Å². The minimum absolute atomic E-state index is 0.909. The highest BCUT2D eigenvalue weighted by molar-refractivity contribution is 6.09. The Kier molecular flexibility index (Phi) is 7.53. The van der Waals surface area contributed by atoms with Crippen molar-refractivity contribution in [1.82, 2.24) is 0 Å². The van der Waals surface area contributed by atoms with E-state index in [4.69, 9.17) is 4.42 Å². The zero-order chi connectivity index (χ0) is 33.3. The molecule has 0 radical (unpaired) electrons. The van der Waals surface area contributed by atoms with E-state index in [2.05, 4.69) is 193 Å². The average Bonchev–Trinajstić information content (AvgIpc) is 3.58. The van der Waals surface area contributed by atoms with Crippen LogP contribution in [0.3, 0.4) is 0 Å². The van der Waals surface area contributed by atoms with Crippen molar-refractivity contribution in [3.8, 4) is 44.5 Å². The lowest BCUT2D eigenvalue weighted by Crippen LogP contribution is -2.10. The summed E-state index contributed by atoms with van der Waals surface area (Å²) in [5, 5.41) is 2.28. The van der Waals surface area contributed by atoms with Crippen LogP contribution in [0.4, 0.5) is 17.1 Å². The second-order valence-electron chi connectivity index (χ2n) is 12.6. The maximum Gasteiger partial charge on any atom is 0.143 e. The van der Waals surface area contributed by atoms with E-state index in [1.807, 2.05) is 12.1 Å². The van der Waals surface area contributed by atoms with Crippen LogP contribution in [0.25, 0.3) is 66.4 Å². The Morgan fingerprint density at radius 1 is 0.300 bits per heavy atom. The van der Waals surface area contributed by atoms with Gasteiger partial charge in [-0.15, -0.1) is 0 Å². The number of fused-ring (bicyclic) bond motifs is 3. The Hall–Kier alpha value is -6.64. The molecule has 0 fully saturated rings. The fraction of sp³-hybridized carbons (Fsp3) is 0. The highest BCUT2D eigenvalue weighted by Gasteiger charge is 2.17. The summed E-state index contributed by atoms with van der Waals surface area (Å²) in [5.74, 6) is 0. The number of rotatable bonds is 7. The van der Waals surface area contributed by atoms with Gasteiger partial charge < -0.3 is 9.32 Å². The van der Waals surface area contributed by atoms with Gasteiger partial charge in [0.05, 0.1) is 0 Å². The first-order valence-electron chi connectivity index (χ1n) is 17.0. The Bertz CT molecular complexity index is 2520. The minimum atomic E-state index is 0.909. The second-order valence-corrected chi connectivity index (χ2v) is 12.6. The van der Waals surface area contributed by atoms with Gasteiger partial charge in [-0.25, -0.2) is 0 Å². The highest BCUT2D eigenvalue weighted by atomic mass is 16.3. The van der Waals surface area contributed by atoms with Gasteiger partial charge in [-0.3, -0.25) is 0 Å². The summed E-state index contributed by atoms with van der Waals surface area (Å²) < 4.78 is 6.41. The minimum Gasteiger partial charge on any atom is -0.455 e. The monoisotopic (exact) mass is 639 g/mol. The van der Waals surface area contributed by atoms with Gasteiger partial charge in [-0.1, -0.05) is 152 Å². The summed E-state index contributed by atoms with van der Waals surface area (Å²) in [6.45, 7) is 0. The number of anilines is 3. The van der Waals surface area contributed by atoms with Crippen LogP contribution in [-0.2, 0) is 0 Å². The fourth-order valence-electron chi connectivity index (χ4n) is 7.02. The first kappa shape index (κ1) is 29.5. The van der Waals surface area contributed by atoms with Crippen LogP contribution < -0.4 is 4.90 Å². The van der Waals surface area contributed by atoms with E-state index in [1.165, 1.54) is 22.3 Å². The van der Waals surface area contributed by atoms with E-state index in [-0.39, 0.29) is 0 Å². The van der Waals surface area contributed by atoms with Crippen molar-refractivity contribution in [1.29, 1.82) is 0 Å². The van der Waals surface area contributed by atoms with Crippen LogP contribution in [0, 0.1) is 0 Å². The Balaban J connectivity index is 1.16. The van der Waals surface area contributed by atoms with E-state index in [9.17, 15) is 0 Å². The molecule has 1 aromatic heterocycles. The van der Waals surface area contributed by atoms with Gasteiger partial charge in [0, 0.05) is 33.4 Å². The van der Waals surface area contributed by atoms with Crippen molar-refractivity contribution in [3.05, 3.63) is 200 Å². The fourth-order valence-corrected chi connectivity index (χ4v) is 7.02. The molecule has 0 unspecified atom stereocenters. The molecule has 2 nitrogen and oxygen atoms in total. The largest absolute Gasteiger partial charge is 0.455 e. The molecule has 1 heterocycles. The van der Waals surface area contributed by atoms with E-state index in [0.717, 1.165) is 61.3 Å². The Morgan fingerprint density at radius 3 is 1.32 bits per heavy atom. The molecule has 50 heavy (non-hydrogen) atoms. The lowest BCUT2D eigenvalue weighted by atomic mass is 9.97. The van der Waals surface area contributed by atoms with Gasteiger partial charge >= 0.3 is 0 Å². The predicted molar refractivity (Wildman–Crippen MR) is 210 cm³/mol. The molecule has 0 saturated heterocycles. The van der Waals surface area contributed by atoms with Gasteiger partial charge in [0.15, 0.2) is 0 Å². The van der Waals surface area contributed by atoms with Crippen molar-refractivity contribution in [2.24, 2.45) is 0 Å². The van der Waals surface area contributed by atoms with Crippen LogP contribution in [0.15, 0.2) is 205 Å². The van der Waals surface area contributed by atoms with Crippen molar-refractivity contribution in [2.45, 2.75) is 0 Å². The maximum atomic E-state index is 6.41. The summed E-state index contributed by atoms with van der Waals surface area (Å²) in [7, 11) is 0. The van der Waals surface area contributed by atoms with E-state index < -0.39 is 0 Å². The van der Waals surface area contributed by atoms with E-state index >= 15 is 0 Å². The molecule has 9 aromatic rings. The molecule has 2 heteroatoms. The van der Waals surface area contributed by atoms with Crippen LogP contribution in [0.2, 0.25) is 0 Å². The molecule has 0 N–H and O–H groups in total. The number of furan rings is 1. The SMILES string of the molecule is c1ccc(-c2cccc(N(c3cccc(-c4ccccc4)c3)c3cccc(-c4cccc(-c5cccc6c5oc5ccccc56)c4)c3)c2)cc1. The summed E-state index contributed by atoms with van der Waals surface area (Å²) in [6, 6.07) is 71.1. The lowest BCUT2D eigenvalue weighted by Gasteiger charge is -2.27. The molecule has 0 spiro atoms. The van der Waals surface area contributed by atoms with Crippen molar-refractivity contribution in [2.75, 3.05) is 4.90 Å². The summed E-state index contributed by atoms with van der Waals surface area (Å²) in [5.41, 5.74) is 14.4. The molecular weight excluding hydrogens is 607 g/mol. The van der Waals surface area contributed by atoms with Crippen LogP contribution in [0.5, 0.6) is 0 Å². The molecule has 0 aliphatic carbocycles. The molecule has 0 saturated carbocycles. The molecule has 0 aliphatic rings. The number of hydrogen-bond acceptors (Lipinski definition) is 2. The first-order valence-corrected chi connectivity index (χ1v) is 17.0. The molecule has 0 atom stereocenters. The first-order chi connectivity index (χ1) is 24.8. The molecule has 0 amide bonds. The third-order valence-corrected chi connectivity index (χ3v) is 9.44. The van der Waals surface area contributed by atoms with E-state index in [0.29, 0.717) is 0 Å². The smallest absolute Gasteiger partial charge is 0.143 e. The summed E-state index contributed by atoms with van der Waals surface area (Å²) in [6.07, 6.45) is 0. The van der Waals surface area contributed by atoms with Gasteiger partial charge in [0.2, 0.25) is 0 Å². The Labute approximate surface area is 292 Å². The standard InChI is InChI=1S/C48H33NO/c1-3-14-34(15-4-1)37-19-10-23-41(31-37)49(42-24-11-20-38(32-42)35-16-5-2-6-17-35)43-25-12-21-39(33-43)36-18-9-22-40(30-36)44-27-13-28-46-45-26-7-8-29-47(45)50-48(44)46/h1-33H. The molecule has 0 bridgehead atoms. The van der Waals surface area contributed by atoms with Gasteiger partial charge in [0.1, 0.15) is 11.2 Å². The third-order valence-electron chi connectivity index (χ3n) is 9.44. The normalized spacial score (nSPS) is 11.2. The number of nitrogens with zero attached hydrogens (tertiary/aromatic N) is 1. The number of para-hydroxylation sites is 2. The molecule has 0 aliphatic heterocycles. The highest BCUT2D eigenvalue weighted by Crippen LogP contribution is 2.41. The van der Waals surface area contributed by atoms with Crippen molar-refractivity contribution >= 4 is 39.0 Å². The lowest BCUT2D eigenvalue weighted by molar-refractivity contribution is 0.670. The zero-order valence-electron chi connectivity index (χ0n) is 27.4. The summed E-state index contributed by atoms with van der Waals surface area (Å²) >= 11 is 0. The maximum absolute atomic E-state index is 6.41. The molecular formula is C48H33NO. The second kappa shape index (κ2) is 12.8. The van der Waals surface area contributed by atoms with Crippen LogP contribution in [-0.4, -0.2) is 0 Å². The quantitative estimate of drug-likeness (QED) is 0.173. The number of benzene rings is 8. The van der Waals surface area contributed by atoms with Gasteiger partial charge in [0.25, 0.3) is 0 Å². The zero-order valence-corrected chi connectivity index (χ0v) is 27.4. The topological polar surface area (TPSA) is 16.4 Å². The van der Waals surface area contributed by atoms with Gasteiger partial charge in [-0.2, -0.15) is 0 Å². The molecule has 8 aromatic carbocycles. The van der Waals surface area contributed by atoms with E-state index in [1.54, 1.807) is 0 Å². The Morgan fingerprint density at radius 2 is 0.720 bits per heavy atom. The van der Waals surface area contributed by atoms with Crippen molar-refractivity contribution < 1.29 is 4.42 Å². The predicted octanol–water partition coefficient (Wildman–Crippen LogP) is 13.7. The molecule has 9 rings (SSSR count). The molecule has 236 valence electrons. The number of hydrogen-bond donors (Lipinski definition) is 0. The van der Waals surface area contributed by atoms with Crippen molar-refractivity contribution in [3.63, 3.8) is 0 Å². The average molecular weight is 640 g/mol. The summed E-state index contributed by atoms with van der Waals surface area (Å²) in [4.78, 5) is 2.36. The third kappa shape index (κ3) is 5.53. The van der Waals surface area contributed by atoms with Crippen LogP contribution in [0.1, 0.15) is 0 Å².